The molecule has 5 rings (SSSR count). The van der Waals surface area contributed by atoms with Crippen LogP contribution in [-0.4, -0.2) is 41.7 Å². The topological polar surface area (TPSA) is 98.8 Å². The van der Waals surface area contributed by atoms with Crippen molar-refractivity contribution >= 4 is 35.1 Å². The largest absolute Gasteiger partial charge is 0.325 e. The minimum Gasteiger partial charge on any atom is -0.324 e. The first-order chi connectivity index (χ1) is 17.5. The number of carbonyl (C=O) groups excluding carboxylic acids is 4. The van der Waals surface area contributed by atoms with Crippen molar-refractivity contribution in [3.63, 3.8) is 0 Å². The second-order valence-electron chi connectivity index (χ2n) is 9.00. The smallest absolute Gasteiger partial charge is 0.324 e. The molecule has 2 saturated heterocycles. The first-order valence-corrected chi connectivity index (χ1v) is 11.9. The summed E-state index contributed by atoms with van der Waals surface area (Å²) in [4.78, 5) is 54.3. The average molecular weight is 483 g/mol. The van der Waals surface area contributed by atoms with Gasteiger partial charge < -0.3 is 15.5 Å². The Labute approximate surface area is 208 Å². The molecule has 1 unspecified atom stereocenters. The number of hydrogen-bond acceptors (Lipinski definition) is 4. The number of rotatable bonds is 7. The normalized spacial score (nSPS) is 19.5. The van der Waals surface area contributed by atoms with Crippen molar-refractivity contribution in [2.75, 3.05) is 23.3 Å². The van der Waals surface area contributed by atoms with Crippen molar-refractivity contribution in [3.8, 4) is 0 Å². The van der Waals surface area contributed by atoms with Gasteiger partial charge in [0.1, 0.15) is 6.54 Å². The van der Waals surface area contributed by atoms with Crippen molar-refractivity contribution in [2.24, 2.45) is 0 Å². The molecule has 0 radical (unpaired) electrons. The Hall–Kier alpha value is -4.46. The molecule has 2 aliphatic heterocycles. The number of imide groups is 1. The van der Waals surface area contributed by atoms with Crippen LogP contribution < -0.4 is 15.5 Å². The van der Waals surface area contributed by atoms with Crippen molar-refractivity contribution in [1.82, 2.24) is 10.2 Å². The van der Waals surface area contributed by atoms with Gasteiger partial charge in [-0.05, 0) is 35.7 Å². The number of urea groups is 1. The molecule has 0 aromatic heterocycles. The predicted molar refractivity (Wildman–Crippen MR) is 135 cm³/mol. The fourth-order valence-corrected chi connectivity index (χ4v) is 4.83. The molecule has 2 N–H and O–H groups in total. The average Bonchev–Trinajstić information content (AvgIpc) is 3.42. The molecular formula is C28H26N4O4. The van der Waals surface area contributed by atoms with Crippen LogP contribution >= 0.6 is 0 Å². The Morgan fingerprint density at radius 2 is 1.64 bits per heavy atom. The van der Waals surface area contributed by atoms with Crippen molar-refractivity contribution in [2.45, 2.75) is 24.8 Å². The summed E-state index contributed by atoms with van der Waals surface area (Å²) in [5, 5.41) is 5.62. The van der Waals surface area contributed by atoms with Crippen LogP contribution in [0.3, 0.4) is 0 Å². The van der Waals surface area contributed by atoms with Gasteiger partial charge in [-0.2, -0.15) is 0 Å². The highest BCUT2D eigenvalue weighted by Gasteiger charge is 2.52. The quantitative estimate of drug-likeness (QED) is 0.504. The summed E-state index contributed by atoms with van der Waals surface area (Å²) in [6.45, 7) is 0.211. The van der Waals surface area contributed by atoms with E-state index in [2.05, 4.69) is 10.6 Å². The number of anilines is 2. The fourth-order valence-electron chi connectivity index (χ4n) is 4.83. The van der Waals surface area contributed by atoms with Crippen LogP contribution in [-0.2, 0) is 26.3 Å². The van der Waals surface area contributed by atoms with Crippen LogP contribution in [0.4, 0.5) is 16.2 Å². The van der Waals surface area contributed by atoms with E-state index < -0.39 is 29.9 Å². The summed E-state index contributed by atoms with van der Waals surface area (Å²) in [5.74, 6) is -0.936. The third kappa shape index (κ3) is 4.45. The van der Waals surface area contributed by atoms with Crippen LogP contribution in [0.15, 0.2) is 84.9 Å². The van der Waals surface area contributed by atoms with Crippen LogP contribution in [0.1, 0.15) is 24.0 Å². The number of carbonyl (C=O) groups is 4. The summed E-state index contributed by atoms with van der Waals surface area (Å²) >= 11 is 0. The van der Waals surface area contributed by atoms with E-state index in [1.807, 2.05) is 54.6 Å². The van der Waals surface area contributed by atoms with Gasteiger partial charge in [-0.25, -0.2) is 4.79 Å². The minimum atomic E-state index is -1.31. The lowest BCUT2D eigenvalue weighted by atomic mass is 9.83. The molecule has 36 heavy (non-hydrogen) atoms. The molecule has 3 aromatic carbocycles. The molecule has 0 saturated carbocycles. The molecule has 3 aromatic rings. The van der Waals surface area contributed by atoms with Gasteiger partial charge in [0.05, 0.1) is 0 Å². The van der Waals surface area contributed by atoms with Gasteiger partial charge in [-0.1, -0.05) is 66.7 Å². The van der Waals surface area contributed by atoms with Gasteiger partial charge in [0.2, 0.25) is 11.8 Å². The first-order valence-electron chi connectivity index (χ1n) is 11.9. The van der Waals surface area contributed by atoms with Crippen molar-refractivity contribution in [3.05, 3.63) is 96.1 Å². The maximum atomic E-state index is 13.7. The highest BCUT2D eigenvalue weighted by atomic mass is 16.2. The summed E-state index contributed by atoms with van der Waals surface area (Å²) in [6.07, 6.45) is 1.56. The summed E-state index contributed by atoms with van der Waals surface area (Å²) in [5.41, 5.74) is 1.42. The zero-order chi connectivity index (χ0) is 25.1. The van der Waals surface area contributed by atoms with Crippen LogP contribution in [0.2, 0.25) is 0 Å². The Morgan fingerprint density at radius 1 is 0.917 bits per heavy atom. The highest BCUT2D eigenvalue weighted by Crippen LogP contribution is 2.33. The summed E-state index contributed by atoms with van der Waals surface area (Å²) in [6, 6.07) is 24.9. The Bertz CT molecular complexity index is 1310. The number of amides is 5. The molecule has 8 heteroatoms. The van der Waals surface area contributed by atoms with Gasteiger partial charge in [-0.3, -0.25) is 19.3 Å². The molecule has 8 nitrogen and oxygen atoms in total. The zero-order valence-electron chi connectivity index (χ0n) is 19.6. The SMILES string of the molecule is O=C(CN1C(=O)NC(Cc2ccccc2)(c2ccccc2)C1=O)Nc1cccc(N2CCCC2=O)c1. The maximum Gasteiger partial charge on any atom is 0.325 e. The fraction of sp³-hybridized carbons (Fsp3) is 0.214. The number of nitrogens with one attached hydrogen (secondary N) is 2. The number of nitrogens with zero attached hydrogens (tertiary/aromatic N) is 2. The maximum absolute atomic E-state index is 13.7. The van der Waals surface area contributed by atoms with E-state index in [0.29, 0.717) is 29.9 Å². The molecule has 2 fully saturated rings. The second-order valence-corrected chi connectivity index (χ2v) is 9.00. The standard InChI is InChI=1S/C28H26N4O4/c33-24(29-22-13-7-14-23(17-22)31-16-8-15-25(31)34)19-32-26(35)28(30-27(32)36,21-11-5-2-6-12-21)18-20-9-3-1-4-10-20/h1-7,9-14,17H,8,15-16,18-19H2,(H,29,33)(H,30,36). The molecule has 0 bridgehead atoms. The van der Waals surface area contributed by atoms with Crippen molar-refractivity contribution < 1.29 is 19.2 Å². The minimum absolute atomic E-state index is 0.0495. The third-order valence-electron chi connectivity index (χ3n) is 6.57. The van der Waals surface area contributed by atoms with E-state index in [1.165, 1.54) is 0 Å². The Kier molecular flexibility index (Phi) is 6.25. The second kappa shape index (κ2) is 9.65. The molecule has 5 amide bonds. The van der Waals surface area contributed by atoms with Crippen LogP contribution in [0.25, 0.3) is 0 Å². The Balaban J connectivity index is 1.35. The van der Waals surface area contributed by atoms with Gasteiger partial charge >= 0.3 is 6.03 Å². The lowest BCUT2D eigenvalue weighted by Crippen LogP contribution is -2.46. The molecule has 182 valence electrons. The number of hydrogen-bond donors (Lipinski definition) is 2. The van der Waals surface area contributed by atoms with E-state index in [4.69, 9.17) is 0 Å². The van der Waals surface area contributed by atoms with E-state index in [1.54, 1.807) is 35.2 Å². The summed E-state index contributed by atoms with van der Waals surface area (Å²) in [7, 11) is 0. The van der Waals surface area contributed by atoms with E-state index in [0.717, 1.165) is 16.9 Å². The van der Waals surface area contributed by atoms with E-state index in [-0.39, 0.29) is 12.3 Å². The zero-order valence-corrected chi connectivity index (χ0v) is 19.6. The van der Waals surface area contributed by atoms with E-state index >= 15 is 0 Å². The predicted octanol–water partition coefficient (Wildman–Crippen LogP) is 3.44. The molecular weight excluding hydrogens is 456 g/mol. The van der Waals surface area contributed by atoms with Gasteiger partial charge in [0, 0.05) is 30.8 Å². The number of benzene rings is 3. The monoisotopic (exact) mass is 482 g/mol. The summed E-state index contributed by atoms with van der Waals surface area (Å²) < 4.78 is 0. The van der Waals surface area contributed by atoms with Gasteiger partial charge in [0.25, 0.3) is 5.91 Å². The molecule has 1 atom stereocenters. The highest BCUT2D eigenvalue weighted by molar-refractivity contribution is 6.10. The van der Waals surface area contributed by atoms with Gasteiger partial charge in [-0.15, -0.1) is 0 Å². The first kappa shape index (κ1) is 23.3. The third-order valence-corrected chi connectivity index (χ3v) is 6.57. The Morgan fingerprint density at radius 3 is 2.33 bits per heavy atom. The molecule has 2 aliphatic rings. The van der Waals surface area contributed by atoms with Gasteiger partial charge in [0.15, 0.2) is 5.54 Å². The van der Waals surface area contributed by atoms with Crippen LogP contribution in [0.5, 0.6) is 0 Å². The molecule has 2 heterocycles. The molecule has 0 aliphatic carbocycles. The lowest BCUT2D eigenvalue weighted by molar-refractivity contribution is -0.134. The van der Waals surface area contributed by atoms with E-state index in [9.17, 15) is 19.2 Å². The molecule has 0 spiro atoms. The van der Waals surface area contributed by atoms with Crippen LogP contribution in [0, 0.1) is 0 Å². The van der Waals surface area contributed by atoms with Crippen molar-refractivity contribution in [1.29, 1.82) is 0 Å². The lowest BCUT2D eigenvalue weighted by Gasteiger charge is -2.27.